The van der Waals surface area contributed by atoms with E-state index in [4.69, 9.17) is 4.74 Å². The number of para-hydroxylation sites is 1. The Morgan fingerprint density at radius 2 is 2.09 bits per heavy atom. The van der Waals surface area contributed by atoms with Crippen LogP contribution in [-0.4, -0.2) is 71.0 Å². The van der Waals surface area contributed by atoms with Crippen molar-refractivity contribution in [2.45, 2.75) is 63.5 Å². The monoisotopic (exact) mass is 481 g/mol. The number of ether oxygens (including phenoxy) is 1. The number of anilines is 1. The molecule has 2 aromatic rings. The Morgan fingerprint density at radius 3 is 2.94 bits per heavy atom. The van der Waals surface area contributed by atoms with E-state index < -0.39 is 6.04 Å². The van der Waals surface area contributed by atoms with Crippen molar-refractivity contribution in [1.82, 2.24) is 20.5 Å². The highest BCUT2D eigenvalue weighted by molar-refractivity contribution is 5.91. The first kappa shape index (κ1) is 24.1. The molecule has 3 aliphatic rings. The largest absolute Gasteiger partial charge is 0.394 e. The van der Waals surface area contributed by atoms with Gasteiger partial charge in [-0.3, -0.25) is 19.8 Å². The molecule has 4 N–H and O–H groups in total. The Balaban J connectivity index is 1.07. The number of amides is 2. The zero-order chi connectivity index (χ0) is 24.4. The molecule has 1 saturated carbocycles. The molecule has 188 valence electrons. The van der Waals surface area contributed by atoms with Crippen molar-refractivity contribution in [2.75, 3.05) is 25.1 Å². The van der Waals surface area contributed by atoms with Gasteiger partial charge in [-0.1, -0.05) is 25.1 Å². The van der Waals surface area contributed by atoms with E-state index in [1.807, 2.05) is 41.3 Å². The summed E-state index contributed by atoms with van der Waals surface area (Å²) < 4.78 is 6.31. The third kappa shape index (κ3) is 5.18. The van der Waals surface area contributed by atoms with Crippen molar-refractivity contribution in [3.05, 3.63) is 36.4 Å². The van der Waals surface area contributed by atoms with E-state index in [2.05, 4.69) is 27.9 Å². The van der Waals surface area contributed by atoms with Crippen LogP contribution in [-0.2, 0) is 14.3 Å². The van der Waals surface area contributed by atoms with Crippen molar-refractivity contribution in [2.24, 2.45) is 11.8 Å². The minimum atomic E-state index is -0.498. The minimum absolute atomic E-state index is 0.0388. The normalized spacial score (nSPS) is 30.5. The van der Waals surface area contributed by atoms with Gasteiger partial charge >= 0.3 is 0 Å². The summed E-state index contributed by atoms with van der Waals surface area (Å²) in [6, 6.07) is 11.4. The van der Waals surface area contributed by atoms with E-state index in [1.54, 1.807) is 0 Å². The number of aliphatic hydroxyl groups excluding tert-OH is 1. The maximum Gasteiger partial charge on any atom is 0.242 e. The van der Waals surface area contributed by atoms with E-state index in [9.17, 15) is 14.7 Å². The zero-order valence-corrected chi connectivity index (χ0v) is 20.2. The number of aliphatic hydroxyl groups is 1. The van der Waals surface area contributed by atoms with E-state index in [1.165, 1.54) is 0 Å². The molecule has 0 bridgehead atoms. The van der Waals surface area contributed by atoms with E-state index in [-0.39, 0.29) is 42.8 Å². The van der Waals surface area contributed by atoms with Crippen LogP contribution in [0, 0.1) is 11.8 Å². The Bertz CT molecular complexity index is 1060. The maximum atomic E-state index is 12.4. The van der Waals surface area contributed by atoms with Gasteiger partial charge in [0.1, 0.15) is 18.1 Å². The summed E-state index contributed by atoms with van der Waals surface area (Å²) in [5, 5.41) is 20.2. The van der Waals surface area contributed by atoms with Crippen LogP contribution in [0.5, 0.6) is 0 Å². The lowest BCUT2D eigenvalue weighted by Crippen LogP contribution is -2.67. The number of nitrogens with one attached hydrogen (secondary N) is 3. The number of unbranched alkanes of at least 4 members (excludes halogenated alkanes) is 1. The lowest BCUT2D eigenvalue weighted by atomic mass is 9.74. The predicted molar refractivity (Wildman–Crippen MR) is 132 cm³/mol. The molecule has 9 nitrogen and oxygen atoms in total. The van der Waals surface area contributed by atoms with Crippen molar-refractivity contribution < 1.29 is 19.4 Å². The van der Waals surface area contributed by atoms with Gasteiger partial charge in [-0.2, -0.15) is 0 Å². The molecule has 1 aliphatic carbocycles. The smallest absolute Gasteiger partial charge is 0.242 e. The first-order chi connectivity index (χ1) is 17.0. The number of benzene rings is 1. The van der Waals surface area contributed by atoms with Gasteiger partial charge in [0.2, 0.25) is 11.8 Å². The number of hydrogen-bond acceptors (Lipinski definition) is 7. The summed E-state index contributed by atoms with van der Waals surface area (Å²) in [6.45, 7) is 3.40. The number of rotatable bonds is 8. The number of carbonyl (C=O) groups is 2. The second-order valence-electron chi connectivity index (χ2n) is 10.0. The number of fused-ring (bicyclic) bond motifs is 3. The predicted octanol–water partition coefficient (Wildman–Crippen LogP) is 1.82. The molecule has 35 heavy (non-hydrogen) atoms. The SMILES string of the molecule is CC1CCC(OCCCCC(=O)Nc2ccc3ccccc3n2)C2CN3C(NC(=O)C3CO)NC12. The van der Waals surface area contributed by atoms with Gasteiger partial charge in [0.25, 0.3) is 0 Å². The average molecular weight is 482 g/mol. The van der Waals surface area contributed by atoms with Crippen LogP contribution < -0.4 is 16.0 Å². The second-order valence-corrected chi connectivity index (χ2v) is 10.0. The lowest BCUT2D eigenvalue weighted by Gasteiger charge is -2.50. The van der Waals surface area contributed by atoms with Crippen LogP contribution in [0.25, 0.3) is 10.9 Å². The molecule has 2 aliphatic heterocycles. The lowest BCUT2D eigenvalue weighted by molar-refractivity contribution is -0.123. The Hall–Kier alpha value is -2.59. The fourth-order valence-corrected chi connectivity index (χ4v) is 5.79. The topological polar surface area (TPSA) is 116 Å². The van der Waals surface area contributed by atoms with Crippen LogP contribution in [0.3, 0.4) is 0 Å². The minimum Gasteiger partial charge on any atom is -0.394 e. The Kier molecular flexibility index (Phi) is 7.29. The van der Waals surface area contributed by atoms with Gasteiger partial charge in [0, 0.05) is 36.9 Å². The number of pyridine rings is 1. The molecule has 3 fully saturated rings. The van der Waals surface area contributed by atoms with Gasteiger partial charge in [0.15, 0.2) is 0 Å². The summed E-state index contributed by atoms with van der Waals surface area (Å²) in [4.78, 5) is 31.1. The van der Waals surface area contributed by atoms with Gasteiger partial charge in [0.05, 0.1) is 18.2 Å². The maximum absolute atomic E-state index is 12.4. The molecular weight excluding hydrogens is 446 g/mol. The third-order valence-corrected chi connectivity index (χ3v) is 7.71. The summed E-state index contributed by atoms with van der Waals surface area (Å²) >= 11 is 0. The molecule has 2 saturated heterocycles. The first-order valence-corrected chi connectivity index (χ1v) is 12.7. The fraction of sp³-hybridized carbons (Fsp3) is 0.577. The summed E-state index contributed by atoms with van der Waals surface area (Å²) in [7, 11) is 0. The van der Waals surface area contributed by atoms with E-state index >= 15 is 0 Å². The molecular formula is C26H35N5O4. The Morgan fingerprint density at radius 1 is 1.23 bits per heavy atom. The molecule has 0 spiro atoms. The number of aromatic nitrogens is 1. The van der Waals surface area contributed by atoms with Gasteiger partial charge in [-0.15, -0.1) is 0 Å². The molecule has 6 atom stereocenters. The highest BCUT2D eigenvalue weighted by atomic mass is 16.5. The van der Waals surface area contributed by atoms with Crippen LogP contribution >= 0.6 is 0 Å². The second kappa shape index (κ2) is 10.6. The van der Waals surface area contributed by atoms with Crippen molar-refractivity contribution in [1.29, 1.82) is 0 Å². The highest BCUT2D eigenvalue weighted by Gasteiger charge is 2.50. The molecule has 2 amide bonds. The molecule has 0 radical (unpaired) electrons. The summed E-state index contributed by atoms with van der Waals surface area (Å²) in [6.07, 6.45) is 3.93. The standard InChI is InChI=1S/C26H35N5O4/c1-16-9-11-21(18-14-31-20(15-32)25(34)30-26(31)29-24(16)18)35-13-5-4-8-23(33)28-22-12-10-17-6-2-3-7-19(17)27-22/h2-3,6-7,10,12,16,18,20-21,24,26,29,32H,4-5,8-9,11,13-15H2,1H3,(H,30,34)(H,27,28,33). The van der Waals surface area contributed by atoms with Gasteiger partial charge in [-0.05, 0) is 49.8 Å². The van der Waals surface area contributed by atoms with Crippen molar-refractivity contribution in [3.8, 4) is 0 Å². The van der Waals surface area contributed by atoms with Crippen molar-refractivity contribution >= 4 is 28.5 Å². The Labute approximate surface area is 205 Å². The number of nitrogens with zero attached hydrogens (tertiary/aromatic N) is 2. The quantitative estimate of drug-likeness (QED) is 0.425. The molecule has 5 rings (SSSR count). The zero-order valence-electron chi connectivity index (χ0n) is 20.2. The van der Waals surface area contributed by atoms with E-state index in [0.29, 0.717) is 24.8 Å². The van der Waals surface area contributed by atoms with Crippen LogP contribution in [0.4, 0.5) is 5.82 Å². The molecule has 9 heteroatoms. The van der Waals surface area contributed by atoms with Crippen molar-refractivity contribution in [3.63, 3.8) is 0 Å². The van der Waals surface area contributed by atoms with Gasteiger partial charge in [-0.25, -0.2) is 4.98 Å². The fourth-order valence-electron chi connectivity index (χ4n) is 5.79. The number of carbonyl (C=O) groups excluding carboxylic acids is 2. The molecule has 6 unspecified atom stereocenters. The summed E-state index contributed by atoms with van der Waals surface area (Å²) in [5.41, 5.74) is 0.863. The first-order valence-electron chi connectivity index (χ1n) is 12.7. The van der Waals surface area contributed by atoms with Crippen LogP contribution in [0.15, 0.2) is 36.4 Å². The van der Waals surface area contributed by atoms with E-state index in [0.717, 1.165) is 43.1 Å². The molecule has 1 aromatic heterocycles. The van der Waals surface area contributed by atoms with Crippen LogP contribution in [0.1, 0.15) is 39.0 Å². The molecule has 1 aromatic carbocycles. The number of hydrogen-bond donors (Lipinski definition) is 4. The van der Waals surface area contributed by atoms with Crippen LogP contribution in [0.2, 0.25) is 0 Å². The van der Waals surface area contributed by atoms with Gasteiger partial charge < -0.3 is 20.5 Å². The molecule has 3 heterocycles. The third-order valence-electron chi connectivity index (χ3n) is 7.71. The highest BCUT2D eigenvalue weighted by Crippen LogP contribution is 2.36. The average Bonchev–Trinajstić information content (AvgIpc) is 3.18. The summed E-state index contributed by atoms with van der Waals surface area (Å²) in [5.74, 6) is 1.18.